The van der Waals surface area contributed by atoms with Gasteiger partial charge in [0.25, 0.3) is 11.8 Å². The minimum Gasteiger partial charge on any atom is -0.489 e. The Morgan fingerprint density at radius 1 is 0.905 bits per heavy atom. The molecule has 0 aromatic heterocycles. The molecule has 0 fully saturated rings. The van der Waals surface area contributed by atoms with E-state index in [1.54, 1.807) is 55.5 Å². The van der Waals surface area contributed by atoms with E-state index >= 15 is 0 Å². The third-order valence-electron chi connectivity index (χ3n) is 6.07. The molecule has 2 amide bonds. The molecule has 10 heteroatoms. The van der Waals surface area contributed by atoms with Crippen LogP contribution in [0.3, 0.4) is 0 Å². The molecule has 7 nitrogen and oxygen atoms in total. The maximum Gasteiger partial charge on any atom is 0.262 e. The van der Waals surface area contributed by atoms with Crippen molar-refractivity contribution in [3.63, 3.8) is 0 Å². The summed E-state index contributed by atoms with van der Waals surface area (Å²) in [5, 5.41) is 7.52. The molecule has 4 aromatic rings. The van der Waals surface area contributed by atoms with Crippen molar-refractivity contribution in [1.82, 2.24) is 10.7 Å². The van der Waals surface area contributed by atoms with Crippen LogP contribution in [-0.4, -0.2) is 30.2 Å². The smallest absolute Gasteiger partial charge is 0.262 e. The lowest BCUT2D eigenvalue weighted by Crippen LogP contribution is -2.50. The number of ether oxygens (including phenoxy) is 2. The van der Waals surface area contributed by atoms with Gasteiger partial charge >= 0.3 is 0 Å². The molecule has 0 bridgehead atoms. The second-order valence-electron chi connectivity index (χ2n) is 9.30. The number of hydrazone groups is 1. The first kappa shape index (κ1) is 30.6. The average molecular weight is 608 g/mol. The zero-order valence-corrected chi connectivity index (χ0v) is 24.1. The van der Waals surface area contributed by atoms with Crippen molar-refractivity contribution in [2.24, 2.45) is 5.10 Å². The van der Waals surface area contributed by atoms with Crippen molar-refractivity contribution < 1.29 is 23.5 Å². The van der Waals surface area contributed by atoms with E-state index in [-0.39, 0.29) is 17.3 Å². The van der Waals surface area contributed by atoms with Crippen LogP contribution in [0.15, 0.2) is 102 Å². The molecule has 0 saturated heterocycles. The van der Waals surface area contributed by atoms with Crippen molar-refractivity contribution >= 4 is 41.2 Å². The summed E-state index contributed by atoms with van der Waals surface area (Å²) < 4.78 is 24.5. The minimum absolute atomic E-state index is 0.239. The fourth-order valence-electron chi connectivity index (χ4n) is 3.81. The van der Waals surface area contributed by atoms with Crippen molar-refractivity contribution in [2.75, 3.05) is 0 Å². The molecule has 0 unspecified atom stereocenters. The standard InChI is InChI=1S/C32H28Cl2FN3O4/c1-21(42-30-16-11-25(33)18-28(30)34)31(39)37-29(17-22-5-3-2-4-6-22)32(40)38-36-19-23-9-14-27(15-10-23)41-20-24-7-12-26(35)13-8-24/h2-16,18-19,21,29H,17,20H2,1H3,(H,37,39)(H,38,40)/b36-19-/t21-,29-/m1/s1. The van der Waals surface area contributed by atoms with Crippen molar-refractivity contribution in [2.45, 2.75) is 32.1 Å². The second-order valence-corrected chi connectivity index (χ2v) is 10.1. The maximum absolute atomic E-state index is 13.1. The monoisotopic (exact) mass is 607 g/mol. The molecule has 0 aliphatic heterocycles. The van der Waals surface area contributed by atoms with Gasteiger partial charge < -0.3 is 14.8 Å². The van der Waals surface area contributed by atoms with Gasteiger partial charge in [-0.3, -0.25) is 9.59 Å². The number of halogens is 3. The number of nitrogens with zero attached hydrogens (tertiary/aromatic N) is 1. The molecule has 0 spiro atoms. The first-order valence-electron chi connectivity index (χ1n) is 13.0. The molecule has 0 radical (unpaired) electrons. The van der Waals surface area contributed by atoms with Crippen LogP contribution in [-0.2, 0) is 22.6 Å². The fourth-order valence-corrected chi connectivity index (χ4v) is 4.26. The predicted molar refractivity (Wildman–Crippen MR) is 162 cm³/mol. The first-order valence-corrected chi connectivity index (χ1v) is 13.8. The molecule has 4 aromatic carbocycles. The molecule has 4 rings (SSSR count). The number of carbonyl (C=O) groups excluding carboxylic acids is 2. The number of carbonyl (C=O) groups is 2. The van der Waals surface area contributed by atoms with Crippen LogP contribution >= 0.6 is 23.2 Å². The SMILES string of the molecule is C[C@@H](Oc1ccc(Cl)cc1Cl)C(=O)N[C@H](Cc1ccccc1)C(=O)N/N=C\c1ccc(OCc2ccc(F)cc2)cc1. The zero-order chi connectivity index (χ0) is 29.9. The van der Waals surface area contributed by atoms with Crippen LogP contribution in [0.2, 0.25) is 10.0 Å². The summed E-state index contributed by atoms with van der Waals surface area (Å²) in [5.41, 5.74) is 4.92. The van der Waals surface area contributed by atoms with E-state index in [2.05, 4.69) is 15.8 Å². The maximum atomic E-state index is 13.1. The topological polar surface area (TPSA) is 89.0 Å². The van der Waals surface area contributed by atoms with E-state index in [4.69, 9.17) is 32.7 Å². The largest absolute Gasteiger partial charge is 0.489 e. The molecule has 0 aliphatic carbocycles. The van der Waals surface area contributed by atoms with E-state index in [1.807, 2.05) is 30.3 Å². The molecule has 0 aliphatic rings. The van der Waals surface area contributed by atoms with Gasteiger partial charge in [0.15, 0.2) is 6.10 Å². The molecule has 42 heavy (non-hydrogen) atoms. The zero-order valence-electron chi connectivity index (χ0n) is 22.6. The first-order chi connectivity index (χ1) is 20.3. The summed E-state index contributed by atoms with van der Waals surface area (Å²) in [5.74, 6) is -0.380. The molecular weight excluding hydrogens is 580 g/mol. The average Bonchev–Trinajstić information content (AvgIpc) is 2.99. The van der Waals surface area contributed by atoms with Gasteiger partial charge in [0.1, 0.15) is 30.0 Å². The Labute approximate surface area is 253 Å². The highest BCUT2D eigenvalue weighted by Crippen LogP contribution is 2.28. The van der Waals surface area contributed by atoms with Gasteiger partial charge in [0, 0.05) is 11.4 Å². The van der Waals surface area contributed by atoms with Gasteiger partial charge in [0.05, 0.1) is 11.2 Å². The summed E-state index contributed by atoms with van der Waals surface area (Å²) in [4.78, 5) is 26.0. The number of benzene rings is 4. The van der Waals surface area contributed by atoms with E-state index in [0.29, 0.717) is 23.1 Å². The van der Waals surface area contributed by atoms with Crippen molar-refractivity contribution in [3.05, 3.63) is 130 Å². The van der Waals surface area contributed by atoms with Crippen LogP contribution in [0, 0.1) is 5.82 Å². The van der Waals surface area contributed by atoms with Crippen LogP contribution < -0.4 is 20.2 Å². The highest BCUT2D eigenvalue weighted by molar-refractivity contribution is 6.35. The second kappa shape index (κ2) is 15.0. The lowest BCUT2D eigenvalue weighted by molar-refractivity contribution is -0.132. The Morgan fingerprint density at radius 3 is 2.31 bits per heavy atom. The lowest BCUT2D eigenvalue weighted by Gasteiger charge is -2.21. The number of rotatable bonds is 12. The highest BCUT2D eigenvalue weighted by atomic mass is 35.5. The van der Waals surface area contributed by atoms with Gasteiger partial charge in [-0.1, -0.05) is 65.7 Å². The van der Waals surface area contributed by atoms with Crippen LogP contribution in [0.1, 0.15) is 23.6 Å². The molecular formula is C32H28Cl2FN3O4. The van der Waals surface area contributed by atoms with E-state index < -0.39 is 24.0 Å². The lowest BCUT2D eigenvalue weighted by atomic mass is 10.1. The van der Waals surface area contributed by atoms with E-state index in [1.165, 1.54) is 24.4 Å². The summed E-state index contributed by atoms with van der Waals surface area (Å²) in [6.07, 6.45) is 0.779. The summed E-state index contributed by atoms with van der Waals surface area (Å²) in [6.45, 7) is 1.86. The highest BCUT2D eigenvalue weighted by Gasteiger charge is 2.25. The van der Waals surface area contributed by atoms with Crippen LogP contribution in [0.25, 0.3) is 0 Å². The van der Waals surface area contributed by atoms with E-state index in [0.717, 1.165) is 16.7 Å². The predicted octanol–water partition coefficient (Wildman–Crippen LogP) is 6.36. The third-order valence-corrected chi connectivity index (χ3v) is 6.60. The van der Waals surface area contributed by atoms with Crippen LogP contribution in [0.4, 0.5) is 4.39 Å². The third kappa shape index (κ3) is 9.33. The molecule has 0 saturated carbocycles. The Balaban J connectivity index is 1.35. The Kier molecular flexibility index (Phi) is 10.9. The van der Waals surface area contributed by atoms with Crippen LogP contribution in [0.5, 0.6) is 11.5 Å². The number of amides is 2. The van der Waals surface area contributed by atoms with Gasteiger partial charge in [-0.05, 0) is 78.2 Å². The quantitative estimate of drug-likeness (QED) is 0.145. The summed E-state index contributed by atoms with van der Waals surface area (Å²) in [6, 6.07) is 26.2. The van der Waals surface area contributed by atoms with Crippen molar-refractivity contribution in [3.8, 4) is 11.5 Å². The Hall–Kier alpha value is -4.40. The number of hydrogen-bond donors (Lipinski definition) is 2. The summed E-state index contributed by atoms with van der Waals surface area (Å²) in [7, 11) is 0. The molecule has 2 N–H and O–H groups in total. The normalized spacial score (nSPS) is 12.4. The summed E-state index contributed by atoms with van der Waals surface area (Å²) >= 11 is 12.1. The Bertz CT molecular complexity index is 1520. The molecule has 2 atom stereocenters. The molecule has 216 valence electrons. The van der Waals surface area contributed by atoms with E-state index in [9.17, 15) is 14.0 Å². The fraction of sp³-hybridized carbons (Fsp3) is 0.156. The number of nitrogens with one attached hydrogen (secondary N) is 2. The minimum atomic E-state index is -0.943. The van der Waals surface area contributed by atoms with Gasteiger partial charge in [-0.15, -0.1) is 0 Å². The number of hydrogen-bond acceptors (Lipinski definition) is 5. The van der Waals surface area contributed by atoms with Gasteiger partial charge in [0.2, 0.25) is 0 Å². The Morgan fingerprint density at radius 2 is 1.62 bits per heavy atom. The van der Waals surface area contributed by atoms with Gasteiger partial charge in [-0.25, -0.2) is 9.82 Å². The van der Waals surface area contributed by atoms with Crippen molar-refractivity contribution in [1.29, 1.82) is 0 Å². The molecule has 0 heterocycles. The van der Waals surface area contributed by atoms with Gasteiger partial charge in [-0.2, -0.15) is 5.10 Å².